The number of nitrogens with zero attached hydrogens (tertiary/aromatic N) is 2. The van der Waals surface area contributed by atoms with Crippen LogP contribution >= 0.6 is 34.7 Å². The third-order valence-electron chi connectivity index (χ3n) is 3.72. The van der Waals surface area contributed by atoms with Crippen LogP contribution in [0.15, 0.2) is 52.9 Å². The van der Waals surface area contributed by atoms with Crippen LogP contribution in [0.5, 0.6) is 0 Å². The molecule has 0 atom stereocenters. The van der Waals surface area contributed by atoms with Crippen LogP contribution in [0.25, 0.3) is 0 Å². The molecule has 0 aliphatic rings. The van der Waals surface area contributed by atoms with E-state index in [1.165, 1.54) is 28.7 Å². The van der Waals surface area contributed by atoms with Crippen molar-refractivity contribution in [2.75, 3.05) is 16.4 Å². The van der Waals surface area contributed by atoms with Crippen molar-refractivity contribution in [3.8, 4) is 0 Å². The molecule has 0 bridgehead atoms. The van der Waals surface area contributed by atoms with Crippen LogP contribution in [0.1, 0.15) is 22.8 Å². The van der Waals surface area contributed by atoms with Gasteiger partial charge in [-0.15, -0.1) is 10.2 Å². The van der Waals surface area contributed by atoms with E-state index in [-0.39, 0.29) is 17.6 Å². The van der Waals surface area contributed by atoms with Gasteiger partial charge in [0, 0.05) is 5.69 Å². The molecule has 0 unspecified atom stereocenters. The summed E-state index contributed by atoms with van der Waals surface area (Å²) in [5, 5.41) is 14.1. The summed E-state index contributed by atoms with van der Waals surface area (Å²) < 4.78 is 0.589. The van der Waals surface area contributed by atoms with E-state index in [1.807, 2.05) is 24.3 Å². The Hall–Kier alpha value is -2.42. The zero-order chi connectivity index (χ0) is 19.9. The number of carbonyl (C=O) groups is 2. The molecule has 2 aromatic carbocycles. The lowest BCUT2D eigenvalue weighted by molar-refractivity contribution is -0.113. The minimum Gasteiger partial charge on any atom is -0.325 e. The van der Waals surface area contributed by atoms with Gasteiger partial charge in [-0.05, 0) is 36.2 Å². The molecule has 144 valence electrons. The van der Waals surface area contributed by atoms with Crippen molar-refractivity contribution in [3.63, 3.8) is 0 Å². The zero-order valence-corrected chi connectivity index (χ0v) is 17.3. The third kappa shape index (κ3) is 5.54. The fourth-order valence-corrected chi connectivity index (χ4v) is 4.05. The second-order valence-electron chi connectivity index (χ2n) is 5.69. The molecule has 2 amide bonds. The largest absolute Gasteiger partial charge is 0.325 e. The van der Waals surface area contributed by atoms with E-state index in [1.54, 1.807) is 24.3 Å². The average molecular weight is 433 g/mol. The molecule has 3 rings (SSSR count). The summed E-state index contributed by atoms with van der Waals surface area (Å²) in [5.41, 5.74) is 2.34. The molecule has 0 saturated carbocycles. The van der Waals surface area contributed by atoms with Crippen molar-refractivity contribution in [3.05, 3.63) is 64.7 Å². The molecule has 1 aromatic heterocycles. The predicted octanol–water partition coefficient (Wildman–Crippen LogP) is 4.74. The van der Waals surface area contributed by atoms with Crippen LogP contribution in [0.3, 0.4) is 0 Å². The lowest BCUT2D eigenvalue weighted by Gasteiger charge is -2.05. The van der Waals surface area contributed by atoms with E-state index in [4.69, 9.17) is 11.6 Å². The van der Waals surface area contributed by atoms with E-state index in [0.717, 1.165) is 12.1 Å². The number of benzene rings is 2. The highest BCUT2D eigenvalue weighted by atomic mass is 35.5. The summed E-state index contributed by atoms with van der Waals surface area (Å²) in [5.74, 6) is -0.291. The number of amides is 2. The highest BCUT2D eigenvalue weighted by molar-refractivity contribution is 8.01. The number of aryl methyl sites for hydroxylation is 1. The maximum Gasteiger partial charge on any atom is 0.259 e. The van der Waals surface area contributed by atoms with Crippen molar-refractivity contribution in [1.82, 2.24) is 10.2 Å². The fourth-order valence-electron chi connectivity index (χ4n) is 2.28. The molecule has 2 N–H and O–H groups in total. The summed E-state index contributed by atoms with van der Waals surface area (Å²) in [7, 11) is 0. The van der Waals surface area contributed by atoms with Gasteiger partial charge >= 0.3 is 0 Å². The highest BCUT2D eigenvalue weighted by Crippen LogP contribution is 2.26. The van der Waals surface area contributed by atoms with Crippen LogP contribution in [0.2, 0.25) is 5.02 Å². The molecule has 0 radical (unpaired) electrons. The van der Waals surface area contributed by atoms with E-state index in [9.17, 15) is 9.59 Å². The Morgan fingerprint density at radius 3 is 2.54 bits per heavy atom. The number of rotatable bonds is 7. The van der Waals surface area contributed by atoms with Crippen LogP contribution < -0.4 is 10.6 Å². The Labute approximate surface area is 175 Å². The summed E-state index contributed by atoms with van der Waals surface area (Å²) in [6, 6.07) is 14.5. The van der Waals surface area contributed by atoms with E-state index < -0.39 is 0 Å². The second-order valence-corrected chi connectivity index (χ2v) is 8.30. The lowest BCUT2D eigenvalue weighted by Crippen LogP contribution is -2.13. The molecular formula is C19H17ClN4O2S2. The number of carbonyl (C=O) groups excluding carboxylic acids is 2. The second kappa shape index (κ2) is 9.68. The molecule has 0 saturated heterocycles. The van der Waals surface area contributed by atoms with E-state index >= 15 is 0 Å². The maximum absolute atomic E-state index is 12.2. The standard InChI is InChI=1S/C19H17ClN4O2S2/c1-2-12-7-9-13(10-8-12)21-16(25)11-27-19-24-23-18(28-19)22-17(26)14-5-3-4-6-15(14)20/h3-10H,2,11H2,1H3,(H,21,25)(H,22,23,26). The fraction of sp³-hybridized carbons (Fsp3) is 0.158. The predicted molar refractivity (Wildman–Crippen MR) is 114 cm³/mol. The Kier molecular flexibility index (Phi) is 7.02. The van der Waals surface area contributed by atoms with Gasteiger partial charge in [0.1, 0.15) is 0 Å². The number of halogens is 1. The lowest BCUT2D eigenvalue weighted by atomic mass is 10.1. The minimum atomic E-state index is -0.355. The molecular weight excluding hydrogens is 416 g/mol. The van der Waals surface area contributed by atoms with Gasteiger partial charge in [0.05, 0.1) is 16.3 Å². The molecule has 3 aromatic rings. The van der Waals surface area contributed by atoms with E-state index in [0.29, 0.717) is 20.1 Å². The quantitative estimate of drug-likeness (QED) is 0.416. The van der Waals surface area contributed by atoms with Crippen LogP contribution in [-0.4, -0.2) is 27.8 Å². The van der Waals surface area contributed by atoms with Gasteiger partial charge in [-0.25, -0.2) is 0 Å². The number of thioether (sulfide) groups is 1. The minimum absolute atomic E-state index is 0.133. The van der Waals surface area contributed by atoms with Gasteiger partial charge in [0.15, 0.2) is 4.34 Å². The Bertz CT molecular complexity index is 976. The topological polar surface area (TPSA) is 84.0 Å². The molecule has 0 aliphatic heterocycles. The number of anilines is 2. The van der Waals surface area contributed by atoms with Crippen molar-refractivity contribution >= 4 is 57.3 Å². The zero-order valence-electron chi connectivity index (χ0n) is 14.9. The first kappa shape index (κ1) is 20.3. The number of hydrogen-bond donors (Lipinski definition) is 2. The Balaban J connectivity index is 1.50. The Morgan fingerprint density at radius 2 is 1.82 bits per heavy atom. The van der Waals surface area contributed by atoms with Crippen LogP contribution in [0, 0.1) is 0 Å². The van der Waals surface area contributed by atoms with Gasteiger partial charge in [0.2, 0.25) is 11.0 Å². The van der Waals surface area contributed by atoms with Gasteiger partial charge in [-0.1, -0.05) is 65.9 Å². The van der Waals surface area contributed by atoms with Crippen LogP contribution in [-0.2, 0) is 11.2 Å². The Morgan fingerprint density at radius 1 is 1.07 bits per heavy atom. The van der Waals surface area contributed by atoms with E-state index in [2.05, 4.69) is 27.8 Å². The SMILES string of the molecule is CCc1ccc(NC(=O)CSc2nnc(NC(=O)c3ccccc3Cl)s2)cc1. The summed E-state index contributed by atoms with van der Waals surface area (Å²) in [6.07, 6.45) is 0.955. The first-order chi connectivity index (χ1) is 13.5. The molecule has 1 heterocycles. The summed E-state index contributed by atoms with van der Waals surface area (Å²) in [6.45, 7) is 2.08. The maximum atomic E-state index is 12.2. The molecule has 0 fully saturated rings. The summed E-state index contributed by atoms with van der Waals surface area (Å²) >= 11 is 8.47. The number of aromatic nitrogens is 2. The molecule has 6 nitrogen and oxygen atoms in total. The van der Waals surface area contributed by atoms with Gasteiger partial charge in [-0.3, -0.25) is 14.9 Å². The molecule has 28 heavy (non-hydrogen) atoms. The number of nitrogens with one attached hydrogen (secondary N) is 2. The molecule has 9 heteroatoms. The monoisotopic (exact) mass is 432 g/mol. The van der Waals surface area contributed by atoms with Crippen LogP contribution in [0.4, 0.5) is 10.8 Å². The average Bonchev–Trinajstić information content (AvgIpc) is 3.14. The normalized spacial score (nSPS) is 10.5. The molecule has 0 spiro atoms. The highest BCUT2D eigenvalue weighted by Gasteiger charge is 2.14. The third-order valence-corrected chi connectivity index (χ3v) is 6.02. The first-order valence-electron chi connectivity index (χ1n) is 8.46. The smallest absolute Gasteiger partial charge is 0.259 e. The number of hydrogen-bond acceptors (Lipinski definition) is 6. The van der Waals surface area contributed by atoms with Crippen molar-refractivity contribution in [1.29, 1.82) is 0 Å². The first-order valence-corrected chi connectivity index (χ1v) is 10.6. The summed E-state index contributed by atoms with van der Waals surface area (Å²) in [4.78, 5) is 24.3. The molecule has 0 aliphatic carbocycles. The van der Waals surface area contributed by atoms with Gasteiger partial charge in [0.25, 0.3) is 5.91 Å². The van der Waals surface area contributed by atoms with Crippen molar-refractivity contribution in [2.45, 2.75) is 17.7 Å². The van der Waals surface area contributed by atoms with Crippen molar-refractivity contribution < 1.29 is 9.59 Å². The van der Waals surface area contributed by atoms with Crippen molar-refractivity contribution in [2.24, 2.45) is 0 Å². The van der Waals surface area contributed by atoms with Gasteiger partial charge < -0.3 is 5.32 Å². The van der Waals surface area contributed by atoms with Gasteiger partial charge in [-0.2, -0.15) is 0 Å².